The Balaban J connectivity index is 1.54. The molecule has 1 atom stereocenters. The van der Waals surface area contributed by atoms with Crippen LogP contribution in [0.5, 0.6) is 0 Å². The minimum absolute atomic E-state index is 0.0713. The fraction of sp³-hybridized carbons (Fsp3) is 0.300. The van der Waals surface area contributed by atoms with Crippen LogP contribution in [0.2, 0.25) is 0 Å². The number of carbonyl (C=O) groups is 1. The number of hydrogen-bond donors (Lipinski definition) is 3. The Morgan fingerprint density at radius 3 is 2.71 bits per heavy atom. The largest absolute Gasteiger partial charge is 0.362 e. The molecule has 0 fully saturated rings. The molecule has 1 amide bonds. The van der Waals surface area contributed by atoms with Crippen LogP contribution in [-0.4, -0.2) is 26.9 Å². The van der Waals surface area contributed by atoms with Crippen LogP contribution in [-0.2, 0) is 11.3 Å². The van der Waals surface area contributed by atoms with Crippen molar-refractivity contribution in [2.45, 2.75) is 33.4 Å². The Morgan fingerprint density at radius 2 is 1.96 bits per heavy atom. The third kappa shape index (κ3) is 3.68. The van der Waals surface area contributed by atoms with E-state index in [1.807, 2.05) is 56.5 Å². The number of aromatic nitrogens is 3. The molecule has 0 spiro atoms. The van der Waals surface area contributed by atoms with Crippen LogP contribution in [0.25, 0.3) is 10.6 Å². The Morgan fingerprint density at radius 1 is 1.18 bits per heavy atom. The first-order valence-electron chi connectivity index (χ1n) is 9.21. The summed E-state index contributed by atoms with van der Waals surface area (Å²) in [5.74, 6) is 1.97. The van der Waals surface area contributed by atoms with Crippen molar-refractivity contribution in [3.8, 4) is 10.6 Å². The predicted molar refractivity (Wildman–Crippen MR) is 113 cm³/mol. The number of rotatable bonds is 5. The number of nitrogens with one attached hydrogen (secondary N) is 3. The molecular weight excluding hydrogens is 372 g/mol. The normalized spacial score (nSPS) is 15.7. The van der Waals surface area contributed by atoms with Gasteiger partial charge in [-0.15, -0.1) is 11.3 Å². The van der Waals surface area contributed by atoms with Crippen molar-refractivity contribution >= 4 is 34.6 Å². The van der Waals surface area contributed by atoms with Crippen LogP contribution in [0.1, 0.15) is 25.4 Å². The van der Waals surface area contributed by atoms with E-state index in [1.54, 1.807) is 11.3 Å². The summed E-state index contributed by atoms with van der Waals surface area (Å²) in [6.07, 6.45) is 0. The van der Waals surface area contributed by atoms with Gasteiger partial charge in [-0.1, -0.05) is 44.2 Å². The summed E-state index contributed by atoms with van der Waals surface area (Å²) in [5.41, 5.74) is 2.61. The summed E-state index contributed by atoms with van der Waals surface area (Å²) in [7, 11) is 0. The second kappa shape index (κ2) is 7.55. The van der Waals surface area contributed by atoms with Gasteiger partial charge in [0, 0.05) is 10.9 Å². The first-order valence-corrected chi connectivity index (χ1v) is 10.1. The van der Waals surface area contributed by atoms with E-state index in [0.29, 0.717) is 29.7 Å². The standard InChI is InChI=1S/C20H22N6OS/c1-11(2)15-19(27)26-16-17(22-12(3)23-18(16)25-15)21-9-14-10-28-20(24-14)13-7-5-4-6-8-13/h4-8,10-11,15H,9H2,1-3H3,(H,26,27)(H2,21,22,23,25). The Bertz CT molecular complexity index is 1000. The highest BCUT2D eigenvalue weighted by molar-refractivity contribution is 7.13. The van der Waals surface area contributed by atoms with Gasteiger partial charge in [0.2, 0.25) is 5.91 Å². The van der Waals surface area contributed by atoms with Crippen molar-refractivity contribution in [1.29, 1.82) is 0 Å². The minimum Gasteiger partial charge on any atom is -0.362 e. The molecule has 0 bridgehead atoms. The van der Waals surface area contributed by atoms with E-state index in [9.17, 15) is 4.79 Å². The molecule has 7 nitrogen and oxygen atoms in total. The van der Waals surface area contributed by atoms with Gasteiger partial charge in [-0.3, -0.25) is 4.79 Å². The number of nitrogens with zero attached hydrogens (tertiary/aromatic N) is 3. The van der Waals surface area contributed by atoms with Gasteiger partial charge in [0.05, 0.1) is 12.2 Å². The van der Waals surface area contributed by atoms with E-state index < -0.39 is 0 Å². The molecule has 2 aromatic heterocycles. The minimum atomic E-state index is -0.304. The maximum Gasteiger partial charge on any atom is 0.247 e. The van der Waals surface area contributed by atoms with Gasteiger partial charge < -0.3 is 16.0 Å². The molecule has 28 heavy (non-hydrogen) atoms. The second-order valence-electron chi connectivity index (χ2n) is 7.06. The maximum absolute atomic E-state index is 12.4. The van der Waals surface area contributed by atoms with E-state index in [-0.39, 0.29) is 17.9 Å². The molecule has 1 aliphatic rings. The Hall–Kier alpha value is -3.00. The summed E-state index contributed by atoms with van der Waals surface area (Å²) in [4.78, 5) is 26.0. The summed E-state index contributed by atoms with van der Waals surface area (Å²) in [6, 6.07) is 9.79. The molecule has 0 radical (unpaired) electrons. The number of carbonyl (C=O) groups excluding carboxylic acids is 1. The lowest BCUT2D eigenvalue weighted by atomic mass is 10.0. The molecule has 3 heterocycles. The van der Waals surface area contributed by atoms with Crippen LogP contribution in [0.3, 0.4) is 0 Å². The number of anilines is 3. The number of aryl methyl sites for hydroxylation is 1. The monoisotopic (exact) mass is 394 g/mol. The average molecular weight is 395 g/mol. The summed E-state index contributed by atoms with van der Waals surface area (Å²) >= 11 is 1.61. The molecule has 4 rings (SSSR count). The zero-order chi connectivity index (χ0) is 19.7. The van der Waals surface area contributed by atoms with Crippen molar-refractivity contribution in [2.24, 2.45) is 5.92 Å². The first kappa shape index (κ1) is 18.4. The third-order valence-electron chi connectivity index (χ3n) is 4.52. The first-order chi connectivity index (χ1) is 13.5. The molecule has 0 saturated carbocycles. The topological polar surface area (TPSA) is 91.8 Å². The fourth-order valence-electron chi connectivity index (χ4n) is 3.08. The fourth-order valence-corrected chi connectivity index (χ4v) is 3.91. The number of hydrogen-bond acceptors (Lipinski definition) is 7. The third-order valence-corrected chi connectivity index (χ3v) is 5.46. The summed E-state index contributed by atoms with van der Waals surface area (Å²) in [6.45, 7) is 6.35. The lowest BCUT2D eigenvalue weighted by Crippen LogP contribution is -2.43. The van der Waals surface area contributed by atoms with Gasteiger partial charge in [-0.25, -0.2) is 15.0 Å². The van der Waals surface area contributed by atoms with Crippen molar-refractivity contribution in [1.82, 2.24) is 15.0 Å². The van der Waals surface area contributed by atoms with Crippen molar-refractivity contribution in [3.05, 3.63) is 47.2 Å². The van der Waals surface area contributed by atoms with Crippen molar-refractivity contribution in [3.63, 3.8) is 0 Å². The quantitative estimate of drug-likeness (QED) is 0.608. The number of fused-ring (bicyclic) bond motifs is 1. The second-order valence-corrected chi connectivity index (χ2v) is 7.92. The molecule has 1 unspecified atom stereocenters. The van der Waals surface area contributed by atoms with Gasteiger partial charge >= 0.3 is 0 Å². The molecule has 3 N–H and O–H groups in total. The Kier molecular flexibility index (Phi) is 4.95. The smallest absolute Gasteiger partial charge is 0.247 e. The zero-order valence-corrected chi connectivity index (χ0v) is 16.8. The van der Waals surface area contributed by atoms with Crippen molar-refractivity contribution in [2.75, 3.05) is 16.0 Å². The van der Waals surface area contributed by atoms with E-state index in [1.165, 1.54) is 0 Å². The Labute approximate surface area is 167 Å². The van der Waals surface area contributed by atoms with Gasteiger partial charge in [0.15, 0.2) is 11.6 Å². The van der Waals surface area contributed by atoms with Gasteiger partial charge in [-0.05, 0) is 12.8 Å². The van der Waals surface area contributed by atoms with E-state index >= 15 is 0 Å². The molecule has 0 saturated heterocycles. The molecule has 1 aliphatic heterocycles. The molecule has 0 aliphatic carbocycles. The van der Waals surface area contributed by atoms with Crippen molar-refractivity contribution < 1.29 is 4.79 Å². The summed E-state index contributed by atoms with van der Waals surface area (Å²) in [5, 5.41) is 12.5. The van der Waals surface area contributed by atoms with Gasteiger partial charge in [0.1, 0.15) is 22.6 Å². The SMILES string of the molecule is Cc1nc(NCc2csc(-c3ccccc3)n2)c2c(n1)NC(C(C)C)C(=O)N2. The van der Waals surface area contributed by atoms with E-state index in [4.69, 9.17) is 0 Å². The van der Waals surface area contributed by atoms with E-state index in [2.05, 4.69) is 30.9 Å². The van der Waals surface area contributed by atoms with E-state index in [0.717, 1.165) is 16.3 Å². The van der Waals surface area contributed by atoms with Crippen LogP contribution in [0.15, 0.2) is 35.7 Å². The maximum atomic E-state index is 12.4. The highest BCUT2D eigenvalue weighted by Gasteiger charge is 2.31. The van der Waals surface area contributed by atoms with Gasteiger partial charge in [-0.2, -0.15) is 0 Å². The molecule has 3 aromatic rings. The number of thiazole rings is 1. The highest BCUT2D eigenvalue weighted by atomic mass is 32.1. The number of amides is 1. The van der Waals surface area contributed by atoms with Gasteiger partial charge in [0.25, 0.3) is 0 Å². The van der Waals surface area contributed by atoms with Crippen LogP contribution in [0, 0.1) is 12.8 Å². The summed E-state index contributed by atoms with van der Waals surface area (Å²) < 4.78 is 0. The zero-order valence-electron chi connectivity index (χ0n) is 16.0. The molecule has 8 heteroatoms. The molecule has 144 valence electrons. The highest BCUT2D eigenvalue weighted by Crippen LogP contribution is 2.33. The predicted octanol–water partition coefficient (Wildman–Crippen LogP) is 3.91. The van der Waals surface area contributed by atoms with Crippen LogP contribution >= 0.6 is 11.3 Å². The molecular formula is C20H22N6OS. The average Bonchev–Trinajstić information content (AvgIpc) is 3.15. The van der Waals surface area contributed by atoms with Crippen LogP contribution in [0.4, 0.5) is 17.3 Å². The van der Waals surface area contributed by atoms with Crippen LogP contribution < -0.4 is 16.0 Å². The number of benzene rings is 1. The molecule has 1 aromatic carbocycles. The lowest BCUT2D eigenvalue weighted by molar-refractivity contribution is -0.117. The lowest BCUT2D eigenvalue weighted by Gasteiger charge is -2.29.